The van der Waals surface area contributed by atoms with Gasteiger partial charge in [-0.1, -0.05) is 72.8 Å². The van der Waals surface area contributed by atoms with Crippen LogP contribution < -0.4 is 0 Å². The molecular weight excluding hydrogens is 288 g/mol. The van der Waals surface area contributed by atoms with Gasteiger partial charge in [-0.2, -0.15) is 0 Å². The van der Waals surface area contributed by atoms with Gasteiger partial charge in [0.25, 0.3) is 0 Å². The summed E-state index contributed by atoms with van der Waals surface area (Å²) in [5.41, 5.74) is 5.71. The lowest BCUT2D eigenvalue weighted by Crippen LogP contribution is -1.95. The minimum Gasteiger partial charge on any atom is -0.0584 e. The third-order valence-corrected chi connectivity index (χ3v) is 5.34. The Morgan fingerprint density at radius 3 is 0.833 bits per heavy atom. The van der Waals surface area contributed by atoms with Gasteiger partial charge in [0.15, 0.2) is 0 Å². The molecule has 0 heteroatoms. The average Bonchev–Trinajstić information content (AvgIpc) is 2.63. The highest BCUT2D eigenvalue weighted by Gasteiger charge is 2.04. The minimum absolute atomic E-state index is 1.10. The zero-order valence-corrected chi connectivity index (χ0v) is 13.8. The Balaban J connectivity index is 1.67. The molecule has 8 bridgehead atoms. The highest BCUT2D eigenvalue weighted by Crippen LogP contribution is 2.23. The van der Waals surface area contributed by atoms with Crippen LogP contribution in [0.15, 0.2) is 72.8 Å². The van der Waals surface area contributed by atoms with Crippen molar-refractivity contribution in [3.8, 4) is 0 Å². The molecule has 8 aliphatic rings. The van der Waals surface area contributed by atoms with Crippen molar-refractivity contribution < 1.29 is 0 Å². The molecule has 0 saturated heterocycles. The first-order valence-corrected chi connectivity index (χ1v) is 8.87. The fourth-order valence-electron chi connectivity index (χ4n) is 3.89. The van der Waals surface area contributed by atoms with Crippen LogP contribution in [0, 0.1) is 0 Å². The molecule has 12 rings (SSSR count). The van der Waals surface area contributed by atoms with Crippen molar-refractivity contribution in [2.75, 3.05) is 0 Å². The lowest BCUT2D eigenvalue weighted by molar-refractivity contribution is 0.958. The van der Waals surface area contributed by atoms with E-state index >= 15 is 0 Å². The molecule has 116 valence electrons. The molecule has 0 saturated carbocycles. The van der Waals surface area contributed by atoms with Crippen LogP contribution in [0.5, 0.6) is 0 Å². The normalized spacial score (nSPS) is 14.0. The van der Waals surface area contributed by atoms with E-state index in [0.29, 0.717) is 0 Å². The number of benzene rings is 4. The van der Waals surface area contributed by atoms with Crippen LogP contribution in [0.3, 0.4) is 0 Å². The molecule has 0 aromatic heterocycles. The second-order valence-electron chi connectivity index (χ2n) is 7.03. The molecule has 0 radical (unpaired) electrons. The van der Waals surface area contributed by atoms with E-state index in [2.05, 4.69) is 72.8 Å². The zero-order valence-electron chi connectivity index (χ0n) is 13.8. The van der Waals surface area contributed by atoms with Crippen molar-refractivity contribution in [3.63, 3.8) is 0 Å². The molecule has 0 N–H and O–H groups in total. The minimum atomic E-state index is 1.10. The summed E-state index contributed by atoms with van der Waals surface area (Å²) in [5.74, 6) is 0. The maximum Gasteiger partial charge on any atom is -0.0181 e. The van der Waals surface area contributed by atoms with Gasteiger partial charge >= 0.3 is 0 Å². The summed E-state index contributed by atoms with van der Waals surface area (Å²) < 4.78 is 0. The molecule has 8 aliphatic carbocycles. The van der Waals surface area contributed by atoms with Gasteiger partial charge in [0, 0.05) is 0 Å². The van der Waals surface area contributed by atoms with Gasteiger partial charge in [0.05, 0.1) is 0 Å². The van der Waals surface area contributed by atoms with Crippen molar-refractivity contribution in [1.82, 2.24) is 0 Å². The molecule has 0 amide bonds. The summed E-state index contributed by atoms with van der Waals surface area (Å²) in [4.78, 5) is 0. The van der Waals surface area contributed by atoms with Crippen molar-refractivity contribution >= 4 is 21.5 Å². The van der Waals surface area contributed by atoms with Gasteiger partial charge in [-0.25, -0.2) is 0 Å². The third-order valence-electron chi connectivity index (χ3n) is 5.34. The van der Waals surface area contributed by atoms with Gasteiger partial charge in [0.2, 0.25) is 0 Å². The predicted octanol–water partition coefficient (Wildman–Crippen LogP) is 5.88. The van der Waals surface area contributed by atoms with Crippen LogP contribution in [-0.4, -0.2) is 0 Å². The summed E-state index contributed by atoms with van der Waals surface area (Å²) in [7, 11) is 0. The number of hydrogen-bond acceptors (Lipinski definition) is 0. The fourth-order valence-corrected chi connectivity index (χ4v) is 3.89. The molecule has 0 spiro atoms. The molecule has 0 aliphatic heterocycles. The maximum absolute atomic E-state index is 2.36. The molecule has 4 aromatic rings. The van der Waals surface area contributed by atoms with Crippen molar-refractivity contribution in [2.45, 2.75) is 25.7 Å². The van der Waals surface area contributed by atoms with Crippen molar-refractivity contribution in [3.05, 3.63) is 95.1 Å². The van der Waals surface area contributed by atoms with E-state index in [1.807, 2.05) is 0 Å². The summed E-state index contributed by atoms with van der Waals surface area (Å²) in [6, 6.07) is 27.8. The van der Waals surface area contributed by atoms with E-state index in [0.717, 1.165) is 25.7 Å². The van der Waals surface area contributed by atoms with Gasteiger partial charge in [-0.05, 0) is 69.5 Å². The monoisotopic (exact) mass is 308 g/mol. The number of aryl methyl sites for hydroxylation is 4. The van der Waals surface area contributed by atoms with Crippen LogP contribution in [0.2, 0.25) is 0 Å². The predicted molar refractivity (Wildman–Crippen MR) is 103 cm³/mol. The molecule has 4 aromatic carbocycles. The topological polar surface area (TPSA) is 0 Å². The largest absolute Gasteiger partial charge is 0.0584 e. The van der Waals surface area contributed by atoms with E-state index in [1.165, 1.54) is 43.8 Å². The first kappa shape index (κ1) is 13.8. The standard InChI is InChI=1S/C24H20/c1-2-18-6-10-24-16-20(8-12-23(24)14-18)4-3-19-7-11-21-13-17(1)5-9-22(21)15-19/h5-16H,1-4H2. The SMILES string of the molecule is c1cc2cc3ccc2cc1CCc1ccc2cc(ccc2c1)CC3. The van der Waals surface area contributed by atoms with Crippen molar-refractivity contribution in [1.29, 1.82) is 0 Å². The van der Waals surface area contributed by atoms with Gasteiger partial charge in [0.1, 0.15) is 0 Å². The molecule has 0 nitrogen and oxygen atoms in total. The second kappa shape index (κ2) is 5.49. The van der Waals surface area contributed by atoms with Crippen LogP contribution in [0.4, 0.5) is 0 Å². The van der Waals surface area contributed by atoms with E-state index in [-0.39, 0.29) is 0 Å². The lowest BCUT2D eigenvalue weighted by atomic mass is 9.95. The molecule has 0 atom stereocenters. The summed E-state index contributed by atoms with van der Waals surface area (Å²) in [6.07, 6.45) is 4.39. The number of rotatable bonds is 0. The quantitative estimate of drug-likeness (QED) is 0.381. The highest BCUT2D eigenvalue weighted by atomic mass is 14.1. The van der Waals surface area contributed by atoms with Crippen LogP contribution in [0.1, 0.15) is 22.3 Å². The molecular formula is C24H20. The van der Waals surface area contributed by atoms with Crippen molar-refractivity contribution in [2.24, 2.45) is 0 Å². The number of hydrogen-bond donors (Lipinski definition) is 0. The first-order chi connectivity index (χ1) is 11.8. The Labute approximate surface area is 142 Å². The van der Waals surface area contributed by atoms with Gasteiger partial charge in [-0.3, -0.25) is 0 Å². The second-order valence-corrected chi connectivity index (χ2v) is 7.03. The van der Waals surface area contributed by atoms with Gasteiger partial charge in [-0.15, -0.1) is 0 Å². The smallest absolute Gasteiger partial charge is 0.0181 e. The van der Waals surface area contributed by atoms with E-state index in [1.54, 1.807) is 0 Å². The highest BCUT2D eigenvalue weighted by molar-refractivity contribution is 5.85. The fraction of sp³-hybridized carbons (Fsp3) is 0.167. The molecule has 0 heterocycles. The summed E-state index contributed by atoms with van der Waals surface area (Å²) in [5, 5.41) is 5.45. The van der Waals surface area contributed by atoms with E-state index in [4.69, 9.17) is 0 Å². The lowest BCUT2D eigenvalue weighted by Gasteiger charge is -2.10. The third kappa shape index (κ3) is 2.49. The molecule has 0 unspecified atom stereocenters. The van der Waals surface area contributed by atoms with Gasteiger partial charge < -0.3 is 0 Å². The van der Waals surface area contributed by atoms with Crippen LogP contribution in [0.25, 0.3) is 21.5 Å². The summed E-state index contributed by atoms with van der Waals surface area (Å²) in [6.45, 7) is 0. The molecule has 0 fully saturated rings. The average molecular weight is 308 g/mol. The van der Waals surface area contributed by atoms with Crippen LogP contribution in [-0.2, 0) is 25.7 Å². The maximum atomic E-state index is 2.36. The van der Waals surface area contributed by atoms with E-state index in [9.17, 15) is 0 Å². The molecule has 24 heavy (non-hydrogen) atoms. The first-order valence-electron chi connectivity index (χ1n) is 8.87. The van der Waals surface area contributed by atoms with Crippen LogP contribution >= 0.6 is 0 Å². The Bertz CT molecular complexity index is 882. The Morgan fingerprint density at radius 2 is 0.583 bits per heavy atom. The Hall–Kier alpha value is -2.60. The Kier molecular flexibility index (Phi) is 3.16. The summed E-state index contributed by atoms with van der Waals surface area (Å²) >= 11 is 0. The zero-order chi connectivity index (χ0) is 15.9. The Morgan fingerprint density at radius 1 is 0.333 bits per heavy atom. The van der Waals surface area contributed by atoms with E-state index < -0.39 is 0 Å².